The molecule has 2 aromatic carbocycles. The fourth-order valence-electron chi connectivity index (χ4n) is 4.65. The molecule has 5 rings (SSSR count). The fraction of sp³-hybridized carbons (Fsp3) is 0.273. The minimum absolute atomic E-state index is 0.0977. The molecule has 30 heavy (non-hydrogen) atoms. The highest BCUT2D eigenvalue weighted by Gasteiger charge is 2.45. The first kappa shape index (κ1) is 18.4. The van der Waals surface area contributed by atoms with Crippen molar-refractivity contribution in [3.8, 4) is 0 Å². The minimum Gasteiger partial charge on any atom is -0.397 e. The van der Waals surface area contributed by atoms with Gasteiger partial charge in [-0.2, -0.15) is 0 Å². The molecule has 2 aromatic rings. The molecule has 3 heterocycles. The third kappa shape index (κ3) is 2.67. The summed E-state index contributed by atoms with van der Waals surface area (Å²) in [6, 6.07) is 10.0. The summed E-state index contributed by atoms with van der Waals surface area (Å²) in [7, 11) is 0. The van der Waals surface area contributed by atoms with Gasteiger partial charge in [0.05, 0.1) is 22.5 Å². The van der Waals surface area contributed by atoms with Crippen LogP contribution in [-0.2, 0) is 22.6 Å². The summed E-state index contributed by atoms with van der Waals surface area (Å²) < 4.78 is 0. The zero-order valence-electron chi connectivity index (χ0n) is 16.2. The lowest BCUT2D eigenvalue weighted by Crippen LogP contribution is -2.54. The van der Waals surface area contributed by atoms with Crippen LogP contribution >= 0.6 is 0 Å². The average molecular weight is 404 g/mol. The molecule has 0 aromatic heterocycles. The Kier molecular flexibility index (Phi) is 4.09. The molecule has 0 aliphatic carbocycles. The van der Waals surface area contributed by atoms with Gasteiger partial charge in [-0.1, -0.05) is 24.3 Å². The smallest absolute Gasteiger partial charge is 0.262 e. The second-order valence-electron chi connectivity index (χ2n) is 7.81. The Hall–Kier alpha value is -3.68. The van der Waals surface area contributed by atoms with Crippen LogP contribution in [0.25, 0.3) is 0 Å². The number of para-hydroxylation sites is 1. The van der Waals surface area contributed by atoms with Crippen molar-refractivity contribution in [3.05, 3.63) is 58.7 Å². The summed E-state index contributed by atoms with van der Waals surface area (Å²) in [6.07, 6.45) is 1.10. The number of nitrogen functional groups attached to an aromatic ring is 1. The second-order valence-corrected chi connectivity index (χ2v) is 7.81. The number of nitrogens with two attached hydrogens (primary N) is 1. The van der Waals surface area contributed by atoms with E-state index in [2.05, 4.69) is 10.2 Å². The molecule has 1 fully saturated rings. The zero-order chi connectivity index (χ0) is 21.0. The van der Waals surface area contributed by atoms with Gasteiger partial charge in [0.15, 0.2) is 0 Å². The van der Waals surface area contributed by atoms with Gasteiger partial charge in [0, 0.05) is 19.5 Å². The summed E-state index contributed by atoms with van der Waals surface area (Å²) >= 11 is 0. The molecule has 0 saturated carbocycles. The number of nitrogens with one attached hydrogen (secondary N) is 1. The Balaban J connectivity index is 1.48. The van der Waals surface area contributed by atoms with Crippen LogP contribution in [0.2, 0.25) is 0 Å². The largest absolute Gasteiger partial charge is 0.397 e. The first-order valence-electron chi connectivity index (χ1n) is 9.91. The van der Waals surface area contributed by atoms with Crippen molar-refractivity contribution in [1.29, 1.82) is 0 Å². The fourth-order valence-corrected chi connectivity index (χ4v) is 4.65. The summed E-state index contributed by atoms with van der Waals surface area (Å²) in [6.45, 7) is 1.21. The van der Waals surface area contributed by atoms with E-state index in [0.29, 0.717) is 23.4 Å². The van der Waals surface area contributed by atoms with Crippen LogP contribution in [0.1, 0.15) is 44.7 Å². The molecule has 8 nitrogen and oxygen atoms in total. The van der Waals surface area contributed by atoms with Crippen LogP contribution in [0.4, 0.5) is 11.4 Å². The lowest BCUT2D eigenvalue weighted by Gasteiger charge is -2.28. The Bertz CT molecular complexity index is 1130. The number of amides is 4. The molecule has 0 spiro atoms. The van der Waals surface area contributed by atoms with E-state index in [1.54, 1.807) is 12.1 Å². The van der Waals surface area contributed by atoms with Crippen molar-refractivity contribution in [1.82, 2.24) is 10.2 Å². The quantitative estimate of drug-likeness (QED) is 0.588. The second kappa shape index (κ2) is 6.69. The number of hydrogen-bond donors (Lipinski definition) is 2. The van der Waals surface area contributed by atoms with Crippen LogP contribution in [0.5, 0.6) is 0 Å². The van der Waals surface area contributed by atoms with Gasteiger partial charge >= 0.3 is 0 Å². The van der Waals surface area contributed by atoms with E-state index in [0.717, 1.165) is 34.7 Å². The number of benzene rings is 2. The first-order valence-corrected chi connectivity index (χ1v) is 9.91. The number of fused-ring (bicyclic) bond motifs is 2. The lowest BCUT2D eigenvalue weighted by molar-refractivity contribution is -0.136. The number of carbonyl (C=O) groups excluding carboxylic acids is 4. The maximum atomic E-state index is 13.2. The van der Waals surface area contributed by atoms with E-state index < -0.39 is 23.8 Å². The Labute approximate surface area is 172 Å². The number of hydrogen-bond acceptors (Lipinski definition) is 6. The summed E-state index contributed by atoms with van der Waals surface area (Å²) in [5, 5.41) is 2.22. The number of rotatable bonds is 3. The predicted molar refractivity (Wildman–Crippen MR) is 109 cm³/mol. The average Bonchev–Trinajstić information content (AvgIpc) is 3.23. The number of anilines is 2. The number of nitrogens with zero attached hydrogens (tertiary/aromatic N) is 2. The van der Waals surface area contributed by atoms with E-state index in [1.165, 1.54) is 0 Å². The van der Waals surface area contributed by atoms with Crippen LogP contribution in [0.3, 0.4) is 0 Å². The van der Waals surface area contributed by atoms with E-state index in [9.17, 15) is 19.2 Å². The van der Waals surface area contributed by atoms with Crippen LogP contribution in [-0.4, -0.2) is 41.1 Å². The summed E-state index contributed by atoms with van der Waals surface area (Å²) in [4.78, 5) is 53.1. The molecule has 0 bridgehead atoms. The molecule has 1 atom stereocenters. The number of carbonyl (C=O) groups is 4. The third-order valence-electron chi connectivity index (χ3n) is 6.03. The Morgan fingerprint density at radius 1 is 1.00 bits per heavy atom. The zero-order valence-corrected chi connectivity index (χ0v) is 16.2. The highest BCUT2D eigenvalue weighted by atomic mass is 16.2. The normalized spacial score (nSPS) is 20.5. The molecule has 152 valence electrons. The molecule has 3 aliphatic rings. The van der Waals surface area contributed by atoms with Crippen LogP contribution in [0, 0.1) is 0 Å². The van der Waals surface area contributed by atoms with E-state index >= 15 is 0 Å². The molecule has 0 radical (unpaired) electrons. The van der Waals surface area contributed by atoms with Crippen molar-refractivity contribution in [3.63, 3.8) is 0 Å². The highest BCUT2D eigenvalue weighted by Crippen LogP contribution is 2.36. The van der Waals surface area contributed by atoms with Crippen molar-refractivity contribution in [2.45, 2.75) is 31.8 Å². The summed E-state index contributed by atoms with van der Waals surface area (Å²) in [5.41, 5.74) is 10.3. The molecular formula is C22H20N4O4. The molecule has 8 heteroatoms. The van der Waals surface area contributed by atoms with Gasteiger partial charge in [0.25, 0.3) is 11.8 Å². The highest BCUT2D eigenvalue weighted by molar-refractivity contribution is 6.24. The monoisotopic (exact) mass is 404 g/mol. The van der Waals surface area contributed by atoms with Gasteiger partial charge in [-0.3, -0.25) is 29.4 Å². The van der Waals surface area contributed by atoms with Gasteiger partial charge in [-0.15, -0.1) is 0 Å². The van der Waals surface area contributed by atoms with Crippen molar-refractivity contribution >= 4 is 35.0 Å². The minimum atomic E-state index is -0.967. The van der Waals surface area contributed by atoms with Gasteiger partial charge in [-0.25, -0.2) is 0 Å². The number of imide groups is 2. The lowest BCUT2D eigenvalue weighted by atomic mass is 10.0. The van der Waals surface area contributed by atoms with Gasteiger partial charge < -0.3 is 10.6 Å². The molecule has 4 amide bonds. The maximum Gasteiger partial charge on any atom is 0.262 e. The van der Waals surface area contributed by atoms with Crippen LogP contribution < -0.4 is 16.0 Å². The van der Waals surface area contributed by atoms with Gasteiger partial charge in [0.2, 0.25) is 11.8 Å². The maximum absolute atomic E-state index is 13.2. The summed E-state index contributed by atoms with van der Waals surface area (Å²) in [5.74, 6) is -1.98. The first-order chi connectivity index (χ1) is 14.5. The predicted octanol–water partition coefficient (Wildman–Crippen LogP) is 1.23. The van der Waals surface area contributed by atoms with Crippen LogP contribution in [0.15, 0.2) is 36.4 Å². The Morgan fingerprint density at radius 2 is 1.80 bits per heavy atom. The van der Waals surface area contributed by atoms with Gasteiger partial charge in [-0.05, 0) is 36.1 Å². The molecular weight excluding hydrogens is 384 g/mol. The topological polar surface area (TPSA) is 113 Å². The molecule has 3 N–H and O–H groups in total. The third-order valence-corrected chi connectivity index (χ3v) is 6.03. The van der Waals surface area contributed by atoms with E-state index in [-0.39, 0.29) is 18.7 Å². The van der Waals surface area contributed by atoms with Crippen molar-refractivity contribution in [2.24, 2.45) is 0 Å². The Morgan fingerprint density at radius 3 is 2.60 bits per heavy atom. The SMILES string of the molecule is Nc1cccc2c1N(Cc1cccc3c1C(=O)N(C1CCC(=O)NC1=O)C3=O)CC2. The number of piperidine rings is 1. The molecule has 3 aliphatic heterocycles. The van der Waals surface area contributed by atoms with Crippen molar-refractivity contribution in [2.75, 3.05) is 17.2 Å². The van der Waals surface area contributed by atoms with E-state index in [4.69, 9.17) is 5.73 Å². The van der Waals surface area contributed by atoms with Crippen molar-refractivity contribution < 1.29 is 19.2 Å². The van der Waals surface area contributed by atoms with Gasteiger partial charge in [0.1, 0.15) is 6.04 Å². The van der Waals surface area contributed by atoms with E-state index in [1.807, 2.05) is 24.3 Å². The molecule has 1 unspecified atom stereocenters. The standard InChI is InChI=1S/C22H20N4O4/c23-15-6-2-3-12-9-10-25(19(12)15)11-13-4-1-5-14-18(13)22(30)26(21(14)29)16-7-8-17(27)24-20(16)28/h1-6,16H,7-11,23H2,(H,24,27,28). The molecule has 1 saturated heterocycles.